The molecule has 1 aliphatic rings. The first-order valence-corrected chi connectivity index (χ1v) is 9.51. The Balaban J connectivity index is 1.70. The van der Waals surface area contributed by atoms with Gasteiger partial charge in [0.05, 0.1) is 13.2 Å². The zero-order valence-corrected chi connectivity index (χ0v) is 16.4. The summed E-state index contributed by atoms with van der Waals surface area (Å²) in [6, 6.07) is 8.30. The smallest absolute Gasteiger partial charge is 0.236 e. The highest BCUT2D eigenvalue weighted by Crippen LogP contribution is 2.14. The molecule has 1 aromatic rings. The summed E-state index contributed by atoms with van der Waals surface area (Å²) in [7, 11) is 3.70. The number of nitrogens with zero attached hydrogens (tertiary/aromatic N) is 3. The van der Waals surface area contributed by atoms with Crippen LogP contribution in [0, 0.1) is 0 Å². The number of carbonyl (C=O) groups is 1. The van der Waals surface area contributed by atoms with E-state index in [1.807, 2.05) is 31.0 Å². The lowest BCUT2D eigenvalue weighted by atomic mass is 10.2. The summed E-state index contributed by atoms with van der Waals surface area (Å²) in [6.45, 7) is 9.18. The molecule has 0 unspecified atom stereocenters. The zero-order chi connectivity index (χ0) is 18.8. The molecule has 1 aliphatic heterocycles. The molecular weight excluding hydrogens is 330 g/mol. The van der Waals surface area contributed by atoms with Gasteiger partial charge in [-0.2, -0.15) is 0 Å². The quantitative estimate of drug-likeness (QED) is 0.592. The number of benzene rings is 1. The minimum Gasteiger partial charge on any atom is -0.494 e. The number of methoxy groups -OCH3 is 1. The van der Waals surface area contributed by atoms with Crippen molar-refractivity contribution in [1.29, 1.82) is 0 Å². The first-order chi connectivity index (χ1) is 12.6. The summed E-state index contributed by atoms with van der Waals surface area (Å²) in [5, 5.41) is 0. The molecule has 0 saturated carbocycles. The van der Waals surface area contributed by atoms with Crippen LogP contribution in [0.2, 0.25) is 0 Å². The van der Waals surface area contributed by atoms with Crippen LogP contribution in [-0.4, -0.2) is 87.2 Å². The van der Waals surface area contributed by atoms with Gasteiger partial charge in [0.2, 0.25) is 5.91 Å². The van der Waals surface area contributed by atoms with E-state index in [-0.39, 0.29) is 5.91 Å². The van der Waals surface area contributed by atoms with Gasteiger partial charge in [-0.1, -0.05) is 12.1 Å². The molecule has 0 aromatic heterocycles. The summed E-state index contributed by atoms with van der Waals surface area (Å²) < 4.78 is 10.5. The molecule has 1 fully saturated rings. The van der Waals surface area contributed by atoms with Crippen LogP contribution < -0.4 is 4.74 Å². The average Bonchev–Trinajstić information content (AvgIpc) is 2.64. The average molecular weight is 364 g/mol. The first kappa shape index (κ1) is 20.7. The third kappa shape index (κ3) is 6.94. The van der Waals surface area contributed by atoms with Crippen molar-refractivity contribution in [2.75, 3.05) is 66.6 Å². The fourth-order valence-electron chi connectivity index (χ4n) is 3.16. The molecule has 2 rings (SSSR count). The monoisotopic (exact) mass is 363 g/mol. The molecule has 0 atom stereocenters. The summed E-state index contributed by atoms with van der Waals surface area (Å²) in [6.07, 6.45) is 0.955. The normalized spacial score (nSPS) is 15.5. The van der Waals surface area contributed by atoms with Crippen molar-refractivity contribution < 1.29 is 14.3 Å². The van der Waals surface area contributed by atoms with E-state index in [1.54, 1.807) is 7.11 Å². The van der Waals surface area contributed by atoms with Gasteiger partial charge in [-0.3, -0.25) is 14.6 Å². The third-order valence-corrected chi connectivity index (χ3v) is 4.66. The molecule has 26 heavy (non-hydrogen) atoms. The molecule has 0 N–H and O–H groups in total. The van der Waals surface area contributed by atoms with Gasteiger partial charge in [0, 0.05) is 53.0 Å². The maximum atomic E-state index is 12.4. The highest BCUT2D eigenvalue weighted by molar-refractivity contribution is 5.78. The highest BCUT2D eigenvalue weighted by Gasteiger charge is 2.21. The van der Waals surface area contributed by atoms with E-state index in [2.05, 4.69) is 21.9 Å². The van der Waals surface area contributed by atoms with Crippen molar-refractivity contribution in [1.82, 2.24) is 14.7 Å². The standard InChI is InChI=1S/C20H33N3O3/c1-4-26-19-8-6-18(7-9-19)16-22-11-13-23(14-12-22)20(24)17-21(2)10-5-15-25-3/h6-9H,4-5,10-17H2,1-3H3. The van der Waals surface area contributed by atoms with Crippen molar-refractivity contribution in [3.63, 3.8) is 0 Å². The molecule has 1 aromatic carbocycles. The predicted octanol–water partition coefficient (Wildman–Crippen LogP) is 1.70. The van der Waals surface area contributed by atoms with Crippen LogP contribution in [-0.2, 0) is 16.1 Å². The second kappa shape index (κ2) is 11.2. The Bertz CT molecular complexity index is 528. The first-order valence-electron chi connectivity index (χ1n) is 9.51. The topological polar surface area (TPSA) is 45.2 Å². The number of carbonyl (C=O) groups excluding carboxylic acids is 1. The molecule has 6 nitrogen and oxygen atoms in total. The van der Waals surface area contributed by atoms with Crippen molar-refractivity contribution in [3.05, 3.63) is 29.8 Å². The minimum absolute atomic E-state index is 0.227. The van der Waals surface area contributed by atoms with Gasteiger partial charge in [-0.15, -0.1) is 0 Å². The zero-order valence-electron chi connectivity index (χ0n) is 16.4. The van der Waals surface area contributed by atoms with Crippen LogP contribution in [0.15, 0.2) is 24.3 Å². The maximum Gasteiger partial charge on any atom is 0.236 e. The molecule has 0 radical (unpaired) electrons. The SMILES string of the molecule is CCOc1ccc(CN2CCN(C(=O)CN(C)CCCOC)CC2)cc1. The molecule has 1 amide bonds. The van der Waals surface area contributed by atoms with E-state index in [4.69, 9.17) is 9.47 Å². The molecule has 0 aliphatic carbocycles. The molecule has 1 heterocycles. The number of amides is 1. The van der Waals surface area contributed by atoms with E-state index in [1.165, 1.54) is 5.56 Å². The lowest BCUT2D eigenvalue weighted by Gasteiger charge is -2.35. The fraction of sp³-hybridized carbons (Fsp3) is 0.650. The molecule has 0 bridgehead atoms. The van der Waals surface area contributed by atoms with Crippen LogP contribution in [0.3, 0.4) is 0 Å². The van der Waals surface area contributed by atoms with Gasteiger partial charge in [-0.25, -0.2) is 0 Å². The van der Waals surface area contributed by atoms with E-state index >= 15 is 0 Å². The van der Waals surface area contributed by atoms with Crippen molar-refractivity contribution in [2.45, 2.75) is 19.9 Å². The van der Waals surface area contributed by atoms with E-state index in [0.717, 1.165) is 58.0 Å². The van der Waals surface area contributed by atoms with Crippen LogP contribution in [0.4, 0.5) is 0 Å². The molecule has 1 saturated heterocycles. The summed E-state index contributed by atoms with van der Waals surface area (Å²) in [4.78, 5) is 18.9. The Morgan fingerprint density at radius 3 is 2.46 bits per heavy atom. The Morgan fingerprint density at radius 1 is 1.15 bits per heavy atom. The Kier molecular flexibility index (Phi) is 8.88. The van der Waals surface area contributed by atoms with Gasteiger partial charge >= 0.3 is 0 Å². The van der Waals surface area contributed by atoms with Crippen LogP contribution in [0.25, 0.3) is 0 Å². The van der Waals surface area contributed by atoms with E-state index in [0.29, 0.717) is 13.2 Å². The van der Waals surface area contributed by atoms with Crippen molar-refractivity contribution >= 4 is 5.91 Å². The van der Waals surface area contributed by atoms with Crippen molar-refractivity contribution in [2.24, 2.45) is 0 Å². The van der Waals surface area contributed by atoms with E-state index in [9.17, 15) is 4.79 Å². The fourth-order valence-corrected chi connectivity index (χ4v) is 3.16. The summed E-state index contributed by atoms with van der Waals surface area (Å²) in [5.41, 5.74) is 1.28. The van der Waals surface area contributed by atoms with Crippen molar-refractivity contribution in [3.8, 4) is 5.75 Å². The second-order valence-electron chi connectivity index (χ2n) is 6.82. The summed E-state index contributed by atoms with van der Waals surface area (Å²) >= 11 is 0. The second-order valence-corrected chi connectivity index (χ2v) is 6.82. The number of hydrogen-bond acceptors (Lipinski definition) is 5. The molecule has 146 valence electrons. The number of likely N-dealkylation sites (N-methyl/N-ethyl adjacent to an activating group) is 1. The van der Waals surface area contributed by atoms with Crippen LogP contribution in [0.5, 0.6) is 5.75 Å². The highest BCUT2D eigenvalue weighted by atomic mass is 16.5. The van der Waals surface area contributed by atoms with Gasteiger partial charge in [0.1, 0.15) is 5.75 Å². The van der Waals surface area contributed by atoms with Gasteiger partial charge in [-0.05, 0) is 38.1 Å². The van der Waals surface area contributed by atoms with Crippen LogP contribution >= 0.6 is 0 Å². The van der Waals surface area contributed by atoms with Gasteiger partial charge < -0.3 is 14.4 Å². The molecule has 0 spiro atoms. The number of rotatable bonds is 10. The van der Waals surface area contributed by atoms with E-state index < -0.39 is 0 Å². The Labute approximate surface area is 157 Å². The van der Waals surface area contributed by atoms with Gasteiger partial charge in [0.15, 0.2) is 0 Å². The number of piperazine rings is 1. The predicted molar refractivity (Wildman–Crippen MR) is 103 cm³/mol. The third-order valence-electron chi connectivity index (χ3n) is 4.66. The van der Waals surface area contributed by atoms with Crippen LogP contribution in [0.1, 0.15) is 18.9 Å². The Morgan fingerprint density at radius 2 is 1.85 bits per heavy atom. The Hall–Kier alpha value is -1.63. The largest absolute Gasteiger partial charge is 0.494 e. The molecule has 6 heteroatoms. The number of ether oxygens (including phenoxy) is 2. The lowest BCUT2D eigenvalue weighted by Crippen LogP contribution is -2.50. The lowest BCUT2D eigenvalue weighted by molar-refractivity contribution is -0.134. The summed E-state index contributed by atoms with van der Waals surface area (Å²) in [5.74, 6) is 1.15. The minimum atomic E-state index is 0.227. The maximum absolute atomic E-state index is 12.4. The number of hydrogen-bond donors (Lipinski definition) is 0. The van der Waals surface area contributed by atoms with Gasteiger partial charge in [0.25, 0.3) is 0 Å². The molecular formula is C20H33N3O3.